The molecule has 5 nitrogen and oxygen atoms in total. The molecule has 1 aromatic rings. The molecular formula is C12H22N4OS. The minimum absolute atomic E-state index is 0.128. The van der Waals surface area contributed by atoms with Gasteiger partial charge in [0, 0.05) is 17.8 Å². The Labute approximate surface area is 112 Å². The van der Waals surface area contributed by atoms with E-state index in [0.29, 0.717) is 11.8 Å². The lowest BCUT2D eigenvalue weighted by Gasteiger charge is -2.32. The van der Waals surface area contributed by atoms with Gasteiger partial charge in [0.25, 0.3) is 0 Å². The third kappa shape index (κ3) is 2.80. The molecule has 1 aliphatic rings. The Balaban J connectivity index is 2.09. The summed E-state index contributed by atoms with van der Waals surface area (Å²) in [4.78, 5) is 11.5. The van der Waals surface area contributed by atoms with E-state index >= 15 is 0 Å². The molecule has 1 aliphatic carbocycles. The monoisotopic (exact) mass is 270 g/mol. The smallest absolute Gasteiger partial charge is 0.327 e. The lowest BCUT2D eigenvalue weighted by molar-refractivity contribution is 0.327. The summed E-state index contributed by atoms with van der Waals surface area (Å²) in [5, 5.41) is 7.77. The first-order valence-corrected chi connectivity index (χ1v) is 7.61. The summed E-state index contributed by atoms with van der Waals surface area (Å²) in [7, 11) is 0. The second-order valence-electron chi connectivity index (χ2n) is 4.96. The zero-order valence-electron chi connectivity index (χ0n) is 11.1. The van der Waals surface area contributed by atoms with Gasteiger partial charge in [0.2, 0.25) is 0 Å². The van der Waals surface area contributed by atoms with E-state index in [9.17, 15) is 4.79 Å². The van der Waals surface area contributed by atoms with Crippen molar-refractivity contribution < 1.29 is 0 Å². The second kappa shape index (κ2) is 5.93. The molecule has 1 fully saturated rings. The molecule has 18 heavy (non-hydrogen) atoms. The Morgan fingerprint density at radius 1 is 1.50 bits per heavy atom. The average Bonchev–Trinajstić information content (AvgIpc) is 2.72. The molecule has 3 atom stereocenters. The number of nitrogens with one attached hydrogen (secondary N) is 1. The van der Waals surface area contributed by atoms with Crippen LogP contribution in [0.1, 0.15) is 39.5 Å². The predicted octanol–water partition coefficient (Wildman–Crippen LogP) is 1.59. The van der Waals surface area contributed by atoms with Gasteiger partial charge < -0.3 is 5.73 Å². The molecular weight excluding hydrogens is 248 g/mol. The Morgan fingerprint density at radius 2 is 2.28 bits per heavy atom. The van der Waals surface area contributed by atoms with Gasteiger partial charge in [0.1, 0.15) is 0 Å². The number of H-pyrrole nitrogens is 1. The van der Waals surface area contributed by atoms with E-state index in [2.05, 4.69) is 17.1 Å². The maximum atomic E-state index is 11.5. The zero-order valence-corrected chi connectivity index (χ0v) is 11.9. The van der Waals surface area contributed by atoms with Gasteiger partial charge in [-0.25, -0.2) is 9.89 Å². The standard InChI is InChI=1S/C12H22N4OS/c1-3-8-5-6-9(13)10(7-8)18-12-15-14-11(17)16(12)4-2/h8-10H,3-7,13H2,1-2H3,(H,14,17). The van der Waals surface area contributed by atoms with Crippen molar-refractivity contribution in [2.75, 3.05) is 0 Å². The van der Waals surface area contributed by atoms with E-state index in [0.717, 1.165) is 23.9 Å². The SMILES string of the molecule is CCC1CCC(N)C(Sc2n[nH]c(=O)n2CC)C1. The fourth-order valence-electron chi connectivity index (χ4n) is 2.55. The molecule has 0 aromatic carbocycles. The van der Waals surface area contributed by atoms with Gasteiger partial charge in [-0.3, -0.25) is 4.57 Å². The molecule has 0 spiro atoms. The first-order chi connectivity index (χ1) is 8.65. The summed E-state index contributed by atoms with van der Waals surface area (Å²) in [5.41, 5.74) is 6.07. The Kier molecular flexibility index (Phi) is 4.50. The molecule has 1 aromatic heterocycles. The number of hydrogen-bond donors (Lipinski definition) is 2. The maximum Gasteiger partial charge on any atom is 0.343 e. The molecule has 1 saturated carbocycles. The van der Waals surface area contributed by atoms with E-state index < -0.39 is 0 Å². The highest BCUT2D eigenvalue weighted by Gasteiger charge is 2.29. The largest absolute Gasteiger partial charge is 0.343 e. The van der Waals surface area contributed by atoms with Gasteiger partial charge in [-0.15, -0.1) is 5.10 Å². The van der Waals surface area contributed by atoms with Crippen molar-refractivity contribution in [1.82, 2.24) is 14.8 Å². The van der Waals surface area contributed by atoms with Gasteiger partial charge in [-0.2, -0.15) is 0 Å². The molecule has 0 radical (unpaired) electrons. The average molecular weight is 270 g/mol. The van der Waals surface area contributed by atoms with Gasteiger partial charge in [0.15, 0.2) is 5.16 Å². The Morgan fingerprint density at radius 3 is 2.94 bits per heavy atom. The first kappa shape index (κ1) is 13.7. The predicted molar refractivity (Wildman–Crippen MR) is 73.8 cm³/mol. The van der Waals surface area contributed by atoms with Crippen molar-refractivity contribution in [3.05, 3.63) is 10.5 Å². The molecule has 3 unspecified atom stereocenters. The van der Waals surface area contributed by atoms with Crippen LogP contribution in [0.4, 0.5) is 0 Å². The molecule has 102 valence electrons. The molecule has 0 amide bonds. The van der Waals surface area contributed by atoms with Crippen molar-refractivity contribution in [3.8, 4) is 0 Å². The van der Waals surface area contributed by atoms with Gasteiger partial charge >= 0.3 is 5.69 Å². The van der Waals surface area contributed by atoms with Crippen LogP contribution in [0.3, 0.4) is 0 Å². The summed E-state index contributed by atoms with van der Waals surface area (Å²) >= 11 is 1.66. The number of thioether (sulfide) groups is 1. The van der Waals surface area contributed by atoms with Crippen LogP contribution in [0.5, 0.6) is 0 Å². The van der Waals surface area contributed by atoms with Crippen molar-refractivity contribution in [2.24, 2.45) is 11.7 Å². The minimum atomic E-state index is -0.128. The van der Waals surface area contributed by atoms with Gasteiger partial charge in [-0.05, 0) is 32.1 Å². The summed E-state index contributed by atoms with van der Waals surface area (Å²) < 4.78 is 1.67. The maximum absolute atomic E-state index is 11.5. The van der Waals surface area contributed by atoms with Crippen LogP contribution in [0, 0.1) is 5.92 Å². The first-order valence-electron chi connectivity index (χ1n) is 6.73. The third-order valence-corrected chi connectivity index (χ3v) is 5.19. The lowest BCUT2D eigenvalue weighted by Crippen LogP contribution is -2.38. The van der Waals surface area contributed by atoms with Crippen LogP contribution in [0.25, 0.3) is 0 Å². The highest BCUT2D eigenvalue weighted by Crippen LogP contribution is 2.35. The van der Waals surface area contributed by atoms with Gasteiger partial charge in [-0.1, -0.05) is 25.1 Å². The van der Waals surface area contributed by atoms with E-state index in [-0.39, 0.29) is 11.7 Å². The van der Waals surface area contributed by atoms with Crippen LogP contribution in [-0.2, 0) is 6.54 Å². The number of nitrogens with zero attached hydrogens (tertiary/aromatic N) is 2. The summed E-state index contributed by atoms with van der Waals surface area (Å²) in [6.07, 6.45) is 4.66. The highest BCUT2D eigenvalue weighted by molar-refractivity contribution is 7.99. The molecule has 6 heteroatoms. The molecule has 3 N–H and O–H groups in total. The Bertz CT molecular complexity index is 442. The van der Waals surface area contributed by atoms with Crippen LogP contribution in [0.2, 0.25) is 0 Å². The second-order valence-corrected chi connectivity index (χ2v) is 6.17. The van der Waals surface area contributed by atoms with Crippen LogP contribution in [0.15, 0.2) is 9.95 Å². The topological polar surface area (TPSA) is 76.7 Å². The van der Waals surface area contributed by atoms with Crippen molar-refractivity contribution in [1.29, 1.82) is 0 Å². The summed E-state index contributed by atoms with van der Waals surface area (Å²) in [5.74, 6) is 0.767. The van der Waals surface area contributed by atoms with Crippen molar-refractivity contribution in [3.63, 3.8) is 0 Å². The summed E-state index contributed by atoms with van der Waals surface area (Å²) in [6, 6.07) is 0.218. The number of hydrogen-bond acceptors (Lipinski definition) is 4. The minimum Gasteiger partial charge on any atom is -0.327 e. The van der Waals surface area contributed by atoms with Crippen molar-refractivity contribution in [2.45, 2.75) is 62.5 Å². The fraction of sp³-hybridized carbons (Fsp3) is 0.833. The van der Waals surface area contributed by atoms with E-state index in [1.165, 1.54) is 12.8 Å². The highest BCUT2D eigenvalue weighted by atomic mass is 32.2. The normalized spacial score (nSPS) is 28.5. The molecule has 0 saturated heterocycles. The summed E-state index contributed by atoms with van der Waals surface area (Å²) in [6.45, 7) is 4.84. The number of aromatic nitrogens is 3. The van der Waals surface area contributed by atoms with Gasteiger partial charge in [0.05, 0.1) is 0 Å². The zero-order chi connectivity index (χ0) is 13.1. The number of rotatable bonds is 4. The van der Waals surface area contributed by atoms with E-state index in [4.69, 9.17) is 5.73 Å². The van der Waals surface area contributed by atoms with E-state index in [1.807, 2.05) is 6.92 Å². The lowest BCUT2D eigenvalue weighted by atomic mass is 9.84. The molecule has 1 heterocycles. The Hall–Kier alpha value is -0.750. The molecule has 0 bridgehead atoms. The number of aromatic amines is 1. The number of nitrogens with two attached hydrogens (primary N) is 1. The van der Waals surface area contributed by atoms with E-state index in [1.54, 1.807) is 16.3 Å². The van der Waals surface area contributed by atoms with Crippen LogP contribution >= 0.6 is 11.8 Å². The molecule has 2 rings (SSSR count). The quantitative estimate of drug-likeness (QED) is 0.871. The van der Waals surface area contributed by atoms with Crippen LogP contribution in [-0.4, -0.2) is 26.1 Å². The fourth-order valence-corrected chi connectivity index (χ4v) is 3.94. The molecule has 0 aliphatic heterocycles. The van der Waals surface area contributed by atoms with Crippen LogP contribution < -0.4 is 11.4 Å². The third-order valence-electron chi connectivity index (χ3n) is 3.83. The van der Waals surface area contributed by atoms with Crippen molar-refractivity contribution >= 4 is 11.8 Å².